The minimum absolute atomic E-state index is 0.321. The van der Waals surface area contributed by atoms with Crippen LogP contribution in [0, 0.1) is 5.82 Å². The van der Waals surface area contributed by atoms with E-state index in [-0.39, 0.29) is 0 Å². The van der Waals surface area contributed by atoms with Crippen molar-refractivity contribution in [3.8, 4) is 0 Å². The van der Waals surface area contributed by atoms with E-state index in [9.17, 15) is 17.6 Å². The Morgan fingerprint density at radius 1 is 1.10 bits per heavy atom. The van der Waals surface area contributed by atoms with Gasteiger partial charge in [-0.3, -0.25) is 0 Å². The van der Waals surface area contributed by atoms with Crippen LogP contribution in [0.15, 0.2) is 42.5 Å². The highest BCUT2D eigenvalue weighted by Gasteiger charge is 2.34. The van der Waals surface area contributed by atoms with Crippen molar-refractivity contribution in [1.29, 1.82) is 0 Å². The minimum atomic E-state index is -4.70. The lowest BCUT2D eigenvalue weighted by molar-refractivity contribution is -0.140. The molecule has 1 nitrogen and oxygen atoms in total. The van der Waals surface area contributed by atoms with Crippen LogP contribution in [0.1, 0.15) is 35.2 Å². The Bertz CT molecular complexity index is 634. The van der Waals surface area contributed by atoms with E-state index in [0.29, 0.717) is 5.56 Å². The molecule has 0 aliphatic rings. The van der Waals surface area contributed by atoms with E-state index < -0.39 is 23.6 Å². The fourth-order valence-corrected chi connectivity index (χ4v) is 2.29. The first-order chi connectivity index (χ1) is 9.84. The van der Waals surface area contributed by atoms with Crippen LogP contribution in [0.2, 0.25) is 0 Å². The minimum Gasteiger partial charge on any atom is -0.320 e. The zero-order valence-electron chi connectivity index (χ0n) is 11.4. The third-order valence-electron chi connectivity index (χ3n) is 3.43. The van der Waals surface area contributed by atoms with Gasteiger partial charge in [0, 0.05) is 0 Å². The molecule has 2 N–H and O–H groups in total. The molecule has 0 bridgehead atoms. The Morgan fingerprint density at radius 3 is 2.33 bits per heavy atom. The quantitative estimate of drug-likeness (QED) is 0.832. The van der Waals surface area contributed by atoms with Gasteiger partial charge in [0.15, 0.2) is 0 Å². The summed E-state index contributed by atoms with van der Waals surface area (Å²) in [6.07, 6.45) is -3.96. The summed E-state index contributed by atoms with van der Waals surface area (Å²) in [6, 6.07) is 9.53. The van der Waals surface area contributed by atoms with E-state index in [1.807, 2.05) is 19.1 Å². The van der Waals surface area contributed by atoms with Gasteiger partial charge < -0.3 is 5.73 Å². The number of hydrogen-bond donors (Lipinski definition) is 1. The topological polar surface area (TPSA) is 26.0 Å². The zero-order chi connectivity index (χ0) is 15.6. The van der Waals surface area contributed by atoms with Crippen molar-refractivity contribution >= 4 is 0 Å². The number of aryl methyl sites for hydroxylation is 1. The molecule has 1 atom stereocenters. The molecule has 0 aliphatic carbocycles. The zero-order valence-corrected chi connectivity index (χ0v) is 11.4. The Hall–Kier alpha value is -1.88. The molecule has 0 radical (unpaired) electrons. The van der Waals surface area contributed by atoms with E-state index in [1.54, 1.807) is 12.1 Å². The van der Waals surface area contributed by atoms with Gasteiger partial charge in [-0.2, -0.15) is 13.2 Å². The van der Waals surface area contributed by atoms with Crippen LogP contribution in [0.3, 0.4) is 0 Å². The molecule has 1 unspecified atom stereocenters. The highest BCUT2D eigenvalue weighted by atomic mass is 19.4. The average molecular weight is 297 g/mol. The maximum absolute atomic E-state index is 13.6. The lowest BCUT2D eigenvalue weighted by atomic mass is 9.93. The number of alkyl halides is 3. The molecular formula is C16H15F4N. The Labute approximate surface area is 120 Å². The highest BCUT2D eigenvalue weighted by molar-refractivity contribution is 5.38. The summed E-state index contributed by atoms with van der Waals surface area (Å²) in [6.45, 7) is 1.96. The smallest absolute Gasteiger partial charge is 0.320 e. The second-order valence-corrected chi connectivity index (χ2v) is 4.77. The second-order valence-electron chi connectivity index (χ2n) is 4.77. The first-order valence-electron chi connectivity index (χ1n) is 6.54. The lowest BCUT2D eigenvalue weighted by Gasteiger charge is -2.17. The van der Waals surface area contributed by atoms with Crippen LogP contribution < -0.4 is 5.73 Å². The molecule has 2 aromatic carbocycles. The van der Waals surface area contributed by atoms with Crippen LogP contribution in [0.5, 0.6) is 0 Å². The molecule has 0 fully saturated rings. The molecule has 2 aromatic rings. The summed E-state index contributed by atoms with van der Waals surface area (Å²) >= 11 is 0. The van der Waals surface area contributed by atoms with E-state index >= 15 is 0 Å². The predicted molar refractivity (Wildman–Crippen MR) is 73.3 cm³/mol. The first-order valence-corrected chi connectivity index (χ1v) is 6.54. The molecule has 0 aromatic heterocycles. The molecule has 0 saturated carbocycles. The maximum atomic E-state index is 13.6. The largest absolute Gasteiger partial charge is 0.419 e. The fourth-order valence-electron chi connectivity index (χ4n) is 2.29. The van der Waals surface area contributed by atoms with Crippen molar-refractivity contribution in [2.75, 3.05) is 0 Å². The average Bonchev–Trinajstić information content (AvgIpc) is 2.45. The number of benzene rings is 2. The van der Waals surface area contributed by atoms with Crippen LogP contribution >= 0.6 is 0 Å². The molecule has 0 heterocycles. The summed E-state index contributed by atoms with van der Waals surface area (Å²) in [7, 11) is 0. The second kappa shape index (κ2) is 5.85. The molecule has 0 spiro atoms. The summed E-state index contributed by atoms with van der Waals surface area (Å²) < 4.78 is 51.3. The molecule has 0 aliphatic heterocycles. The monoisotopic (exact) mass is 297 g/mol. The third kappa shape index (κ3) is 3.24. The summed E-state index contributed by atoms with van der Waals surface area (Å²) in [5, 5.41) is 0. The molecule has 0 saturated heterocycles. The fraction of sp³-hybridized carbons (Fsp3) is 0.250. The van der Waals surface area contributed by atoms with E-state index in [0.717, 1.165) is 29.7 Å². The number of hydrogen-bond acceptors (Lipinski definition) is 1. The standard InChI is InChI=1S/C16H15F4N/c1-2-10-5-3-4-6-12(10)15(21)11-7-8-13(14(17)9-11)16(18,19)20/h3-9,15H,2,21H2,1H3. The van der Waals surface area contributed by atoms with Gasteiger partial charge in [0.2, 0.25) is 0 Å². The highest BCUT2D eigenvalue weighted by Crippen LogP contribution is 2.33. The molecule has 0 amide bonds. The van der Waals surface area contributed by atoms with E-state index in [2.05, 4.69) is 0 Å². The van der Waals surface area contributed by atoms with Crippen molar-refractivity contribution in [2.24, 2.45) is 5.73 Å². The SMILES string of the molecule is CCc1ccccc1C(N)c1ccc(C(F)(F)F)c(F)c1. The Kier molecular flexibility index (Phi) is 4.32. The molecule has 21 heavy (non-hydrogen) atoms. The van der Waals surface area contributed by atoms with E-state index in [4.69, 9.17) is 5.73 Å². The van der Waals surface area contributed by atoms with Gasteiger partial charge in [-0.05, 0) is 35.2 Å². The summed E-state index contributed by atoms with van der Waals surface area (Å²) in [5.41, 5.74) is 6.90. The number of halogens is 4. The first kappa shape index (κ1) is 15.5. The van der Waals surface area contributed by atoms with Crippen LogP contribution in [-0.2, 0) is 12.6 Å². The van der Waals surface area contributed by atoms with Gasteiger partial charge in [0.1, 0.15) is 5.82 Å². The van der Waals surface area contributed by atoms with Crippen LogP contribution in [0.4, 0.5) is 17.6 Å². The van der Waals surface area contributed by atoms with Crippen molar-refractivity contribution in [2.45, 2.75) is 25.6 Å². The van der Waals surface area contributed by atoms with Gasteiger partial charge in [0.05, 0.1) is 11.6 Å². The Morgan fingerprint density at radius 2 is 1.76 bits per heavy atom. The number of nitrogens with two attached hydrogens (primary N) is 1. The molecule has 112 valence electrons. The van der Waals surface area contributed by atoms with Crippen LogP contribution in [-0.4, -0.2) is 0 Å². The van der Waals surface area contributed by atoms with Gasteiger partial charge in [-0.25, -0.2) is 4.39 Å². The normalized spacial score (nSPS) is 13.2. The van der Waals surface area contributed by atoms with Gasteiger partial charge >= 0.3 is 6.18 Å². The van der Waals surface area contributed by atoms with Gasteiger partial charge in [-0.15, -0.1) is 0 Å². The summed E-state index contributed by atoms with van der Waals surface area (Å²) in [5.74, 6) is -1.30. The predicted octanol–water partition coefficient (Wildman–Crippen LogP) is 4.46. The number of rotatable bonds is 3. The molecule has 2 rings (SSSR count). The summed E-state index contributed by atoms with van der Waals surface area (Å²) in [4.78, 5) is 0. The van der Waals surface area contributed by atoms with Gasteiger partial charge in [-0.1, -0.05) is 37.3 Å². The maximum Gasteiger partial charge on any atom is 0.419 e. The van der Waals surface area contributed by atoms with Gasteiger partial charge in [0.25, 0.3) is 0 Å². The molecular weight excluding hydrogens is 282 g/mol. The van der Waals surface area contributed by atoms with Crippen molar-refractivity contribution < 1.29 is 17.6 Å². The third-order valence-corrected chi connectivity index (χ3v) is 3.43. The van der Waals surface area contributed by atoms with Crippen molar-refractivity contribution in [1.82, 2.24) is 0 Å². The Balaban J connectivity index is 2.41. The van der Waals surface area contributed by atoms with E-state index in [1.165, 1.54) is 6.07 Å². The van der Waals surface area contributed by atoms with Crippen molar-refractivity contribution in [3.63, 3.8) is 0 Å². The van der Waals surface area contributed by atoms with Crippen molar-refractivity contribution in [3.05, 3.63) is 70.5 Å². The molecule has 5 heteroatoms. The lowest BCUT2D eigenvalue weighted by Crippen LogP contribution is -2.15. The van der Waals surface area contributed by atoms with Crippen LogP contribution in [0.25, 0.3) is 0 Å².